The average molecular weight is 239 g/mol. The van der Waals surface area contributed by atoms with Gasteiger partial charge in [-0.3, -0.25) is 9.48 Å². The number of amides is 1. The zero-order chi connectivity index (χ0) is 13.1. The zero-order valence-corrected chi connectivity index (χ0v) is 10.2. The van der Waals surface area contributed by atoms with E-state index in [1.165, 1.54) is 4.68 Å². The molecule has 1 amide bonds. The van der Waals surface area contributed by atoms with Gasteiger partial charge in [0.1, 0.15) is 12.6 Å². The summed E-state index contributed by atoms with van der Waals surface area (Å²) in [5.74, 6) is -1.40. The first-order chi connectivity index (χ1) is 7.80. The van der Waals surface area contributed by atoms with E-state index >= 15 is 0 Å². The molecule has 6 nitrogen and oxygen atoms in total. The van der Waals surface area contributed by atoms with Crippen LogP contribution in [0.1, 0.15) is 20.8 Å². The van der Waals surface area contributed by atoms with Crippen LogP contribution in [0.15, 0.2) is 18.5 Å². The molecule has 1 rings (SSSR count). The molecule has 0 saturated heterocycles. The Labute approximate surface area is 99.6 Å². The van der Waals surface area contributed by atoms with E-state index in [1.807, 2.05) is 0 Å². The van der Waals surface area contributed by atoms with Crippen LogP contribution in [0, 0.1) is 5.41 Å². The van der Waals surface area contributed by atoms with Gasteiger partial charge in [-0.25, -0.2) is 4.79 Å². The molecule has 0 spiro atoms. The Morgan fingerprint density at radius 3 is 2.53 bits per heavy atom. The van der Waals surface area contributed by atoms with Crippen LogP contribution in [0.25, 0.3) is 0 Å². The van der Waals surface area contributed by atoms with Crippen LogP contribution >= 0.6 is 0 Å². The van der Waals surface area contributed by atoms with Crippen LogP contribution in [0.2, 0.25) is 0 Å². The van der Waals surface area contributed by atoms with Gasteiger partial charge in [0, 0.05) is 12.4 Å². The van der Waals surface area contributed by atoms with Crippen molar-refractivity contribution in [1.82, 2.24) is 15.1 Å². The number of carbonyl (C=O) groups is 2. The average Bonchev–Trinajstić information content (AvgIpc) is 2.64. The number of hydrogen-bond donors (Lipinski definition) is 2. The van der Waals surface area contributed by atoms with Crippen LogP contribution in [-0.4, -0.2) is 32.8 Å². The second kappa shape index (κ2) is 4.99. The number of aromatic nitrogens is 2. The van der Waals surface area contributed by atoms with Gasteiger partial charge in [0.2, 0.25) is 5.91 Å². The molecule has 0 aromatic carbocycles. The maximum absolute atomic E-state index is 11.6. The van der Waals surface area contributed by atoms with Gasteiger partial charge in [0.05, 0.1) is 0 Å². The first kappa shape index (κ1) is 13.2. The van der Waals surface area contributed by atoms with Crippen molar-refractivity contribution in [1.29, 1.82) is 0 Å². The SMILES string of the molecule is CC(C)(C)[C@@H](NC(=O)Cn1cccn1)C(=O)O. The second-order valence-electron chi connectivity index (χ2n) is 4.91. The van der Waals surface area contributed by atoms with Crippen molar-refractivity contribution in [3.63, 3.8) is 0 Å². The van der Waals surface area contributed by atoms with Crippen molar-refractivity contribution < 1.29 is 14.7 Å². The van der Waals surface area contributed by atoms with Crippen LogP contribution in [0.3, 0.4) is 0 Å². The lowest BCUT2D eigenvalue weighted by Crippen LogP contribution is -2.49. The lowest BCUT2D eigenvalue weighted by Gasteiger charge is -2.27. The highest BCUT2D eigenvalue weighted by Crippen LogP contribution is 2.19. The molecule has 0 aliphatic carbocycles. The highest BCUT2D eigenvalue weighted by atomic mass is 16.4. The number of carboxylic acid groups (broad SMARTS) is 1. The molecule has 6 heteroatoms. The number of nitrogens with one attached hydrogen (secondary N) is 1. The number of carboxylic acids is 1. The quantitative estimate of drug-likeness (QED) is 0.801. The van der Waals surface area contributed by atoms with E-state index in [-0.39, 0.29) is 12.5 Å². The van der Waals surface area contributed by atoms with Gasteiger partial charge in [0.15, 0.2) is 0 Å². The van der Waals surface area contributed by atoms with E-state index in [9.17, 15) is 9.59 Å². The summed E-state index contributed by atoms with van der Waals surface area (Å²) < 4.78 is 1.44. The molecule has 0 saturated carbocycles. The molecule has 2 N–H and O–H groups in total. The number of rotatable bonds is 4. The first-order valence-corrected chi connectivity index (χ1v) is 5.30. The minimum Gasteiger partial charge on any atom is -0.480 e. The molecule has 0 bridgehead atoms. The van der Waals surface area contributed by atoms with Crippen LogP contribution in [0.5, 0.6) is 0 Å². The molecule has 1 aromatic heterocycles. The minimum atomic E-state index is -1.04. The summed E-state index contributed by atoms with van der Waals surface area (Å²) in [7, 11) is 0. The predicted octanol–water partition coefficient (Wildman–Crippen LogP) is 0.499. The summed E-state index contributed by atoms with van der Waals surface area (Å²) >= 11 is 0. The van der Waals surface area contributed by atoms with Crippen LogP contribution in [0.4, 0.5) is 0 Å². The molecule has 0 aliphatic rings. The predicted molar refractivity (Wildman–Crippen MR) is 61.2 cm³/mol. The first-order valence-electron chi connectivity index (χ1n) is 5.30. The third-order valence-electron chi connectivity index (χ3n) is 2.28. The fourth-order valence-corrected chi connectivity index (χ4v) is 1.40. The zero-order valence-electron chi connectivity index (χ0n) is 10.2. The Morgan fingerprint density at radius 1 is 1.47 bits per heavy atom. The topological polar surface area (TPSA) is 84.2 Å². The summed E-state index contributed by atoms with van der Waals surface area (Å²) in [5.41, 5.74) is -0.536. The highest BCUT2D eigenvalue weighted by molar-refractivity contribution is 5.83. The van der Waals surface area contributed by atoms with Crippen molar-refractivity contribution in [2.24, 2.45) is 5.41 Å². The molecule has 94 valence electrons. The molecule has 0 unspecified atom stereocenters. The van der Waals surface area contributed by atoms with E-state index in [2.05, 4.69) is 10.4 Å². The maximum Gasteiger partial charge on any atom is 0.326 e. The Hall–Kier alpha value is -1.85. The van der Waals surface area contributed by atoms with Crippen molar-refractivity contribution >= 4 is 11.9 Å². The molecule has 1 atom stereocenters. The summed E-state index contributed by atoms with van der Waals surface area (Å²) in [6.07, 6.45) is 3.21. The largest absolute Gasteiger partial charge is 0.480 e. The maximum atomic E-state index is 11.6. The van der Waals surface area contributed by atoms with Crippen molar-refractivity contribution in [3.8, 4) is 0 Å². The Kier molecular flexibility index (Phi) is 3.88. The molecular weight excluding hydrogens is 222 g/mol. The van der Waals surface area contributed by atoms with Crippen LogP contribution in [-0.2, 0) is 16.1 Å². The number of carbonyl (C=O) groups excluding carboxylic acids is 1. The summed E-state index contributed by atoms with van der Waals surface area (Å²) in [6, 6.07) is 0.789. The molecule has 0 fully saturated rings. The van der Waals surface area contributed by atoms with Crippen molar-refractivity contribution in [2.75, 3.05) is 0 Å². The summed E-state index contributed by atoms with van der Waals surface area (Å²) in [4.78, 5) is 22.7. The van der Waals surface area contributed by atoms with Crippen molar-refractivity contribution in [2.45, 2.75) is 33.4 Å². The van der Waals surface area contributed by atoms with Crippen molar-refractivity contribution in [3.05, 3.63) is 18.5 Å². The second-order valence-corrected chi connectivity index (χ2v) is 4.91. The fraction of sp³-hybridized carbons (Fsp3) is 0.545. The summed E-state index contributed by atoms with van der Waals surface area (Å²) in [5, 5.41) is 15.4. The van der Waals surface area contributed by atoms with Gasteiger partial charge in [-0.05, 0) is 11.5 Å². The normalized spacial score (nSPS) is 13.1. The van der Waals surface area contributed by atoms with E-state index < -0.39 is 17.4 Å². The molecular formula is C11H17N3O3. The van der Waals surface area contributed by atoms with Gasteiger partial charge in [0.25, 0.3) is 0 Å². The van der Waals surface area contributed by atoms with Gasteiger partial charge < -0.3 is 10.4 Å². The van der Waals surface area contributed by atoms with Crippen LogP contribution < -0.4 is 5.32 Å². The van der Waals surface area contributed by atoms with Gasteiger partial charge in [-0.15, -0.1) is 0 Å². The highest BCUT2D eigenvalue weighted by Gasteiger charge is 2.32. The number of nitrogens with zero attached hydrogens (tertiary/aromatic N) is 2. The van der Waals surface area contributed by atoms with Gasteiger partial charge >= 0.3 is 5.97 Å². The van der Waals surface area contributed by atoms with Gasteiger partial charge in [-0.1, -0.05) is 20.8 Å². The molecule has 0 radical (unpaired) electrons. The minimum absolute atomic E-state index is 0.0207. The molecule has 0 aliphatic heterocycles. The molecule has 1 aromatic rings. The number of aliphatic carboxylic acids is 1. The lowest BCUT2D eigenvalue weighted by atomic mass is 9.87. The lowest BCUT2D eigenvalue weighted by molar-refractivity contribution is -0.145. The number of hydrogen-bond acceptors (Lipinski definition) is 3. The fourth-order valence-electron chi connectivity index (χ4n) is 1.40. The van der Waals surface area contributed by atoms with E-state index in [0.717, 1.165) is 0 Å². The smallest absolute Gasteiger partial charge is 0.326 e. The molecule has 17 heavy (non-hydrogen) atoms. The van der Waals surface area contributed by atoms with Gasteiger partial charge in [-0.2, -0.15) is 5.10 Å². The Bertz CT molecular complexity index is 393. The Balaban J connectivity index is 2.62. The molecule has 1 heterocycles. The van der Waals surface area contributed by atoms with E-state index in [4.69, 9.17) is 5.11 Å². The van der Waals surface area contributed by atoms with E-state index in [1.54, 1.807) is 39.2 Å². The third-order valence-corrected chi connectivity index (χ3v) is 2.28. The standard InChI is InChI=1S/C11H17N3O3/c1-11(2,3)9(10(16)17)13-8(15)7-14-6-4-5-12-14/h4-6,9H,7H2,1-3H3,(H,13,15)(H,16,17)/t9-/m0/s1. The van der Waals surface area contributed by atoms with E-state index in [0.29, 0.717) is 0 Å². The Morgan fingerprint density at radius 2 is 2.12 bits per heavy atom. The summed E-state index contributed by atoms with van der Waals surface area (Å²) in [6.45, 7) is 5.31. The monoisotopic (exact) mass is 239 g/mol. The third kappa shape index (κ3) is 3.90.